The molecule has 1 atom stereocenters. The number of amidine groups is 1. The van der Waals surface area contributed by atoms with Gasteiger partial charge in [0.25, 0.3) is 0 Å². The highest BCUT2D eigenvalue weighted by Gasteiger charge is 2.14. The lowest BCUT2D eigenvalue weighted by Gasteiger charge is -2.11. The minimum atomic E-state index is -0.379. The van der Waals surface area contributed by atoms with Crippen LogP contribution in [0.15, 0.2) is 23.4 Å². The van der Waals surface area contributed by atoms with E-state index in [2.05, 4.69) is 10.5 Å². The van der Waals surface area contributed by atoms with E-state index in [0.29, 0.717) is 17.4 Å². The number of benzene rings is 1. The number of rotatable bonds is 5. The molecule has 0 spiro atoms. The molecule has 4 nitrogen and oxygen atoms in total. The molecule has 1 heterocycles. The maximum Gasteiger partial charge on any atom is 0.170 e. The summed E-state index contributed by atoms with van der Waals surface area (Å²) in [5.74, 6) is 0.781. The number of oxime groups is 1. The third kappa shape index (κ3) is 4.11. The van der Waals surface area contributed by atoms with Gasteiger partial charge in [0.1, 0.15) is 5.82 Å². The van der Waals surface area contributed by atoms with Gasteiger partial charge in [-0.1, -0.05) is 5.16 Å². The molecule has 6 heteroatoms. The van der Waals surface area contributed by atoms with E-state index in [1.54, 1.807) is 6.07 Å². The quantitative estimate of drug-likeness (QED) is 0.334. The molecule has 0 aromatic heterocycles. The molecule has 1 unspecified atom stereocenters. The van der Waals surface area contributed by atoms with Gasteiger partial charge in [-0.2, -0.15) is 11.8 Å². The molecule has 1 fully saturated rings. The van der Waals surface area contributed by atoms with Crippen LogP contribution in [-0.4, -0.2) is 28.6 Å². The van der Waals surface area contributed by atoms with Crippen molar-refractivity contribution in [3.8, 4) is 0 Å². The molecule has 1 aromatic carbocycles. The van der Waals surface area contributed by atoms with Crippen molar-refractivity contribution in [2.45, 2.75) is 24.6 Å². The summed E-state index contributed by atoms with van der Waals surface area (Å²) in [5, 5.41) is 15.5. The van der Waals surface area contributed by atoms with Crippen molar-refractivity contribution >= 4 is 17.6 Å². The Labute approximate surface area is 116 Å². The number of hydrogen-bond acceptors (Lipinski definition) is 4. The number of nitrogens with zero attached hydrogens (tertiary/aromatic N) is 1. The zero-order chi connectivity index (χ0) is 13.7. The van der Waals surface area contributed by atoms with Gasteiger partial charge in [-0.25, -0.2) is 4.39 Å². The van der Waals surface area contributed by atoms with E-state index in [-0.39, 0.29) is 11.7 Å². The van der Waals surface area contributed by atoms with Gasteiger partial charge in [0.2, 0.25) is 0 Å². The van der Waals surface area contributed by atoms with Crippen molar-refractivity contribution in [1.82, 2.24) is 5.32 Å². The summed E-state index contributed by atoms with van der Waals surface area (Å²) in [6.07, 6.45) is 2.53. The summed E-state index contributed by atoms with van der Waals surface area (Å²) < 4.78 is 13.4. The van der Waals surface area contributed by atoms with Crippen molar-refractivity contribution < 1.29 is 9.60 Å². The van der Waals surface area contributed by atoms with Crippen LogP contribution in [0.2, 0.25) is 0 Å². The molecule has 1 saturated heterocycles. The van der Waals surface area contributed by atoms with Crippen LogP contribution in [0, 0.1) is 5.82 Å². The first-order valence-corrected chi connectivity index (χ1v) is 7.33. The second-order valence-electron chi connectivity index (χ2n) is 4.60. The van der Waals surface area contributed by atoms with E-state index < -0.39 is 0 Å². The van der Waals surface area contributed by atoms with Gasteiger partial charge in [-0.05, 0) is 42.4 Å². The number of nitrogens with two attached hydrogens (primary N) is 1. The fraction of sp³-hybridized carbons (Fsp3) is 0.462. The van der Waals surface area contributed by atoms with Crippen LogP contribution in [0.25, 0.3) is 0 Å². The summed E-state index contributed by atoms with van der Waals surface area (Å²) in [7, 11) is 0. The fourth-order valence-electron chi connectivity index (χ4n) is 2.14. The smallest absolute Gasteiger partial charge is 0.170 e. The summed E-state index contributed by atoms with van der Waals surface area (Å²) in [4.78, 5) is 0. The van der Waals surface area contributed by atoms with Gasteiger partial charge in [0, 0.05) is 23.9 Å². The average Bonchev–Trinajstić information content (AvgIpc) is 2.90. The van der Waals surface area contributed by atoms with Crippen molar-refractivity contribution in [3.63, 3.8) is 0 Å². The van der Waals surface area contributed by atoms with Gasteiger partial charge >= 0.3 is 0 Å². The number of hydrogen-bond donors (Lipinski definition) is 3. The number of nitrogens with one attached hydrogen (secondary N) is 1. The summed E-state index contributed by atoms with van der Waals surface area (Å²) >= 11 is 1.98. The molecule has 0 aliphatic carbocycles. The van der Waals surface area contributed by atoms with E-state index in [1.807, 2.05) is 11.8 Å². The molecule has 0 radical (unpaired) electrons. The van der Waals surface area contributed by atoms with Crippen LogP contribution in [0.4, 0.5) is 4.39 Å². The zero-order valence-electron chi connectivity index (χ0n) is 10.6. The highest BCUT2D eigenvalue weighted by Crippen LogP contribution is 2.25. The van der Waals surface area contributed by atoms with Gasteiger partial charge in [0.15, 0.2) is 5.84 Å². The highest BCUT2D eigenvalue weighted by atomic mass is 32.2. The molecule has 0 bridgehead atoms. The Bertz CT molecular complexity index is 461. The lowest BCUT2D eigenvalue weighted by Crippen LogP contribution is -2.23. The third-order valence-corrected chi connectivity index (χ3v) is 4.48. The van der Waals surface area contributed by atoms with E-state index in [9.17, 15) is 4.39 Å². The van der Waals surface area contributed by atoms with Crippen LogP contribution in [0.1, 0.15) is 24.0 Å². The minimum Gasteiger partial charge on any atom is -0.409 e. The first-order valence-electron chi connectivity index (χ1n) is 6.28. The Morgan fingerprint density at radius 1 is 1.53 bits per heavy atom. The van der Waals surface area contributed by atoms with Gasteiger partial charge in [0.05, 0.1) is 0 Å². The molecule has 4 N–H and O–H groups in total. The predicted octanol–water partition coefficient (Wildman–Crippen LogP) is 1.91. The molecular weight excluding hydrogens is 265 g/mol. The van der Waals surface area contributed by atoms with Crippen molar-refractivity contribution in [3.05, 3.63) is 35.1 Å². The molecule has 19 heavy (non-hydrogen) atoms. The SMILES string of the molecule is N/C(=N/O)c1cc(F)cc(CNCC2CCCS2)c1. The Balaban J connectivity index is 1.93. The Kier molecular flexibility index (Phi) is 5.04. The van der Waals surface area contributed by atoms with Gasteiger partial charge in [-0.15, -0.1) is 0 Å². The summed E-state index contributed by atoms with van der Waals surface area (Å²) in [6.45, 7) is 1.51. The van der Waals surface area contributed by atoms with Crippen LogP contribution in [-0.2, 0) is 6.54 Å². The summed E-state index contributed by atoms with van der Waals surface area (Å²) in [5.41, 5.74) is 6.66. The van der Waals surface area contributed by atoms with Crippen molar-refractivity contribution in [2.24, 2.45) is 10.9 Å². The van der Waals surface area contributed by atoms with E-state index >= 15 is 0 Å². The molecular formula is C13H18FN3OS. The molecule has 1 aliphatic heterocycles. The van der Waals surface area contributed by atoms with Crippen molar-refractivity contribution in [2.75, 3.05) is 12.3 Å². The zero-order valence-corrected chi connectivity index (χ0v) is 11.4. The molecule has 104 valence electrons. The largest absolute Gasteiger partial charge is 0.409 e. The first kappa shape index (κ1) is 14.1. The lowest BCUT2D eigenvalue weighted by atomic mass is 10.1. The molecule has 0 saturated carbocycles. The van der Waals surface area contributed by atoms with E-state index in [0.717, 1.165) is 12.1 Å². The molecule has 1 aliphatic rings. The van der Waals surface area contributed by atoms with Crippen molar-refractivity contribution in [1.29, 1.82) is 0 Å². The predicted molar refractivity (Wildman–Crippen MR) is 76.1 cm³/mol. The van der Waals surface area contributed by atoms with Gasteiger partial charge in [-0.3, -0.25) is 0 Å². The number of thioether (sulfide) groups is 1. The second kappa shape index (κ2) is 6.77. The lowest BCUT2D eigenvalue weighted by molar-refractivity contribution is 0.318. The molecule has 2 rings (SSSR count). The van der Waals surface area contributed by atoms with Crippen LogP contribution >= 0.6 is 11.8 Å². The maximum absolute atomic E-state index is 13.4. The Morgan fingerprint density at radius 3 is 3.05 bits per heavy atom. The third-order valence-electron chi connectivity index (χ3n) is 3.09. The second-order valence-corrected chi connectivity index (χ2v) is 6.01. The monoisotopic (exact) mass is 283 g/mol. The standard InChI is InChI=1S/C13H18FN3OS/c14-11-5-9(4-10(6-11)13(15)17-18)7-16-8-12-2-1-3-19-12/h4-6,12,16,18H,1-3,7-8H2,(H2,15,17). The van der Waals surface area contributed by atoms with Crippen LogP contribution < -0.4 is 11.1 Å². The maximum atomic E-state index is 13.4. The van der Waals surface area contributed by atoms with E-state index in [4.69, 9.17) is 10.9 Å². The topological polar surface area (TPSA) is 70.6 Å². The van der Waals surface area contributed by atoms with Crippen LogP contribution in [0.5, 0.6) is 0 Å². The first-order chi connectivity index (χ1) is 9.19. The Morgan fingerprint density at radius 2 is 2.37 bits per heavy atom. The van der Waals surface area contributed by atoms with Crippen LogP contribution in [0.3, 0.4) is 0 Å². The normalized spacial score (nSPS) is 19.8. The fourth-order valence-corrected chi connectivity index (χ4v) is 3.38. The average molecular weight is 283 g/mol. The van der Waals surface area contributed by atoms with Gasteiger partial charge < -0.3 is 16.3 Å². The Hall–Kier alpha value is -1.27. The molecule has 0 amide bonds. The number of halogens is 1. The molecule has 1 aromatic rings. The minimum absolute atomic E-state index is 0.0768. The van der Waals surface area contributed by atoms with E-state index in [1.165, 1.54) is 30.7 Å². The highest BCUT2D eigenvalue weighted by molar-refractivity contribution is 8.00. The summed E-state index contributed by atoms with van der Waals surface area (Å²) in [6, 6.07) is 4.45.